The number of imidazole rings is 1. The van der Waals surface area contributed by atoms with Crippen molar-refractivity contribution < 1.29 is 19.4 Å². The van der Waals surface area contributed by atoms with Crippen molar-refractivity contribution in [2.45, 2.75) is 39.3 Å². The van der Waals surface area contributed by atoms with Gasteiger partial charge in [-0.15, -0.1) is 0 Å². The molecule has 3 aromatic rings. The first-order valence-corrected chi connectivity index (χ1v) is 11.5. The fourth-order valence-corrected chi connectivity index (χ4v) is 4.13. The Bertz CT molecular complexity index is 1170. The summed E-state index contributed by atoms with van der Waals surface area (Å²) in [5, 5.41) is 11.1. The average molecular weight is 460 g/mol. The minimum atomic E-state index is -0.677. The lowest BCUT2D eigenvalue weighted by Gasteiger charge is -2.25. The summed E-state index contributed by atoms with van der Waals surface area (Å²) in [6, 6.07) is 14.0. The maximum Gasteiger partial charge on any atom is 0.295 e. The molecular weight excluding hydrogens is 430 g/mol. The summed E-state index contributed by atoms with van der Waals surface area (Å²) in [5.74, 6) is -0.708. The van der Waals surface area contributed by atoms with E-state index in [-0.39, 0.29) is 11.3 Å². The predicted molar refractivity (Wildman–Crippen MR) is 129 cm³/mol. The number of Topliss-reactive ketones (excluding diaryl/α,β-unsaturated/α-hetero) is 1. The van der Waals surface area contributed by atoms with Crippen molar-refractivity contribution in [2.24, 2.45) is 0 Å². The zero-order valence-corrected chi connectivity index (χ0v) is 19.5. The van der Waals surface area contributed by atoms with Crippen LogP contribution in [0.4, 0.5) is 0 Å². The fourth-order valence-electron chi connectivity index (χ4n) is 4.13. The molecule has 1 atom stereocenters. The summed E-state index contributed by atoms with van der Waals surface area (Å²) in [6.07, 6.45) is 6.82. The maximum absolute atomic E-state index is 13.1. The van der Waals surface area contributed by atoms with Crippen molar-refractivity contribution in [2.75, 3.05) is 13.2 Å². The molecule has 4 rings (SSSR count). The summed E-state index contributed by atoms with van der Waals surface area (Å²) < 4.78 is 7.61. The Morgan fingerprint density at radius 1 is 1.06 bits per heavy atom. The molecule has 0 saturated carbocycles. The summed E-state index contributed by atoms with van der Waals surface area (Å²) in [5.41, 5.74) is 2.41. The zero-order valence-electron chi connectivity index (χ0n) is 19.5. The largest absolute Gasteiger partial charge is 0.507 e. The van der Waals surface area contributed by atoms with Crippen molar-refractivity contribution in [3.8, 4) is 5.75 Å². The van der Waals surface area contributed by atoms with Crippen LogP contribution in [0, 0.1) is 6.92 Å². The van der Waals surface area contributed by atoms with Crippen molar-refractivity contribution in [3.63, 3.8) is 0 Å². The number of ether oxygens (including phenoxy) is 1. The number of aryl methyl sites for hydroxylation is 2. The second-order valence-electron chi connectivity index (χ2n) is 8.43. The molecule has 1 saturated heterocycles. The summed E-state index contributed by atoms with van der Waals surface area (Å²) in [6.45, 7) is 5.63. The van der Waals surface area contributed by atoms with Crippen LogP contribution < -0.4 is 4.74 Å². The molecule has 1 aromatic heterocycles. The Hall–Kier alpha value is -3.87. The van der Waals surface area contributed by atoms with Gasteiger partial charge in [-0.2, -0.15) is 0 Å². The van der Waals surface area contributed by atoms with Gasteiger partial charge in [-0.25, -0.2) is 4.98 Å². The van der Waals surface area contributed by atoms with E-state index in [2.05, 4.69) is 4.98 Å². The fraction of sp³-hybridized carbons (Fsp3) is 0.296. The molecule has 7 nitrogen and oxygen atoms in total. The molecule has 0 aliphatic carbocycles. The number of aromatic nitrogens is 2. The third kappa shape index (κ3) is 4.88. The highest BCUT2D eigenvalue weighted by Gasteiger charge is 2.45. The molecule has 0 unspecified atom stereocenters. The lowest BCUT2D eigenvalue weighted by molar-refractivity contribution is -0.139. The smallest absolute Gasteiger partial charge is 0.295 e. The van der Waals surface area contributed by atoms with Gasteiger partial charge in [0, 0.05) is 31.0 Å². The number of rotatable bonds is 9. The van der Waals surface area contributed by atoms with Crippen LogP contribution in [0.25, 0.3) is 5.76 Å². The Labute approximate surface area is 199 Å². The SMILES string of the molecule is CCCOc1ccc([C@@H]2C(=C(O)c3ccc(C)cc3)C(=O)C(=O)N2CCCn2ccnc2)cc1. The van der Waals surface area contributed by atoms with Crippen LogP contribution in [0.2, 0.25) is 0 Å². The van der Waals surface area contributed by atoms with Gasteiger partial charge in [0.15, 0.2) is 0 Å². The predicted octanol–water partition coefficient (Wildman–Crippen LogP) is 4.49. The Balaban J connectivity index is 1.69. The van der Waals surface area contributed by atoms with Gasteiger partial charge in [-0.1, -0.05) is 48.9 Å². The van der Waals surface area contributed by atoms with Crippen LogP contribution in [-0.2, 0) is 16.1 Å². The van der Waals surface area contributed by atoms with E-state index in [1.54, 1.807) is 29.6 Å². The highest BCUT2D eigenvalue weighted by atomic mass is 16.5. The Morgan fingerprint density at radius 3 is 2.44 bits per heavy atom. The van der Waals surface area contributed by atoms with Crippen LogP contribution in [0.1, 0.15) is 42.5 Å². The number of aliphatic hydroxyl groups is 1. The molecule has 2 aromatic carbocycles. The molecule has 0 radical (unpaired) electrons. The number of likely N-dealkylation sites (tertiary alicyclic amines) is 1. The lowest BCUT2D eigenvalue weighted by Crippen LogP contribution is -2.31. The zero-order chi connectivity index (χ0) is 24.1. The molecule has 1 N–H and O–H groups in total. The topological polar surface area (TPSA) is 84.7 Å². The normalized spacial score (nSPS) is 17.4. The van der Waals surface area contributed by atoms with E-state index in [0.29, 0.717) is 31.7 Å². The molecule has 176 valence electrons. The first-order valence-electron chi connectivity index (χ1n) is 11.5. The number of nitrogens with zero attached hydrogens (tertiary/aromatic N) is 3. The molecular formula is C27H29N3O4. The van der Waals surface area contributed by atoms with Gasteiger partial charge in [0.05, 0.1) is 24.5 Å². The van der Waals surface area contributed by atoms with Gasteiger partial charge >= 0.3 is 0 Å². The number of amides is 1. The molecule has 1 fully saturated rings. The first-order chi connectivity index (χ1) is 16.5. The van der Waals surface area contributed by atoms with E-state index in [0.717, 1.165) is 23.3 Å². The third-order valence-electron chi connectivity index (χ3n) is 5.91. The van der Waals surface area contributed by atoms with Gasteiger partial charge in [-0.3, -0.25) is 9.59 Å². The van der Waals surface area contributed by atoms with E-state index in [9.17, 15) is 14.7 Å². The number of aliphatic hydroxyl groups excluding tert-OH is 1. The van der Waals surface area contributed by atoms with Gasteiger partial charge in [0.2, 0.25) is 0 Å². The minimum Gasteiger partial charge on any atom is -0.507 e. The molecule has 0 spiro atoms. The van der Waals surface area contributed by atoms with E-state index < -0.39 is 17.7 Å². The van der Waals surface area contributed by atoms with Crippen molar-refractivity contribution >= 4 is 17.4 Å². The van der Waals surface area contributed by atoms with Crippen molar-refractivity contribution in [1.29, 1.82) is 0 Å². The van der Waals surface area contributed by atoms with Crippen LogP contribution in [0.15, 0.2) is 72.8 Å². The van der Waals surface area contributed by atoms with E-state index in [4.69, 9.17) is 4.74 Å². The van der Waals surface area contributed by atoms with E-state index in [1.165, 1.54) is 0 Å². The quantitative estimate of drug-likeness (QED) is 0.289. The van der Waals surface area contributed by atoms with Crippen molar-refractivity contribution in [1.82, 2.24) is 14.5 Å². The molecule has 34 heavy (non-hydrogen) atoms. The molecule has 0 bridgehead atoms. The standard InChI is InChI=1S/C27H29N3O4/c1-3-17-34-22-11-9-20(10-12-22)24-23(25(31)21-7-5-19(2)6-8-21)26(32)27(33)30(24)15-4-14-29-16-13-28-18-29/h5-13,16,18,24,31H,3-4,14-15,17H2,1-2H3/t24-/m1/s1. The van der Waals surface area contributed by atoms with Crippen LogP contribution >= 0.6 is 0 Å². The van der Waals surface area contributed by atoms with Crippen molar-refractivity contribution in [3.05, 3.63) is 89.5 Å². The average Bonchev–Trinajstić information content (AvgIpc) is 3.45. The van der Waals surface area contributed by atoms with Crippen LogP contribution in [0.3, 0.4) is 0 Å². The summed E-state index contributed by atoms with van der Waals surface area (Å²) in [7, 11) is 0. The number of benzene rings is 2. The highest BCUT2D eigenvalue weighted by Crippen LogP contribution is 2.40. The minimum absolute atomic E-state index is 0.110. The molecule has 1 amide bonds. The Morgan fingerprint density at radius 2 is 1.79 bits per heavy atom. The molecule has 7 heteroatoms. The van der Waals surface area contributed by atoms with Crippen LogP contribution in [-0.4, -0.2) is 44.4 Å². The molecule has 1 aliphatic heterocycles. The maximum atomic E-state index is 13.1. The molecule has 2 heterocycles. The third-order valence-corrected chi connectivity index (χ3v) is 5.91. The van der Waals surface area contributed by atoms with Crippen LogP contribution in [0.5, 0.6) is 5.75 Å². The number of carbonyl (C=O) groups is 2. The second kappa shape index (κ2) is 10.4. The number of hydrogen-bond acceptors (Lipinski definition) is 5. The lowest BCUT2D eigenvalue weighted by atomic mass is 9.95. The first kappa shape index (κ1) is 23.3. The monoisotopic (exact) mass is 459 g/mol. The summed E-state index contributed by atoms with van der Waals surface area (Å²) >= 11 is 0. The van der Waals surface area contributed by atoms with Gasteiger partial charge < -0.3 is 19.3 Å². The molecule has 1 aliphatic rings. The Kier molecular flexibility index (Phi) is 7.11. The van der Waals surface area contributed by atoms with Gasteiger partial charge in [0.25, 0.3) is 11.7 Å². The van der Waals surface area contributed by atoms with E-state index in [1.807, 2.05) is 61.0 Å². The van der Waals surface area contributed by atoms with Gasteiger partial charge in [-0.05, 0) is 37.5 Å². The number of carbonyl (C=O) groups excluding carboxylic acids is 2. The van der Waals surface area contributed by atoms with Gasteiger partial charge in [0.1, 0.15) is 11.5 Å². The second-order valence-corrected chi connectivity index (χ2v) is 8.43. The number of hydrogen-bond donors (Lipinski definition) is 1. The highest BCUT2D eigenvalue weighted by molar-refractivity contribution is 6.46. The van der Waals surface area contributed by atoms with E-state index >= 15 is 0 Å². The summed E-state index contributed by atoms with van der Waals surface area (Å²) in [4.78, 5) is 31.8. The number of ketones is 1.